The first-order valence-electron chi connectivity index (χ1n) is 4.09. The summed E-state index contributed by atoms with van der Waals surface area (Å²) in [4.78, 5) is 1.02. The smallest absolute Gasteiger partial charge is 0.182 e. The van der Waals surface area contributed by atoms with Crippen LogP contribution >= 0.6 is 22.7 Å². The molecule has 4 nitrogen and oxygen atoms in total. The summed E-state index contributed by atoms with van der Waals surface area (Å²) in [5.74, 6) is 1.64. The topological polar surface area (TPSA) is 44.2 Å². The number of thiophene rings is 1. The highest BCUT2D eigenvalue weighted by molar-refractivity contribution is 7.20. The third-order valence-corrected chi connectivity index (χ3v) is 3.64. The Hall–Kier alpha value is -1.14. The minimum absolute atomic E-state index is 0.607. The summed E-state index contributed by atoms with van der Waals surface area (Å²) in [5, 5.41) is 10.7. The molecule has 14 heavy (non-hydrogen) atoms. The van der Waals surface area contributed by atoms with Crippen LogP contribution in [0.15, 0.2) is 10.9 Å². The van der Waals surface area contributed by atoms with Crippen molar-refractivity contribution in [1.82, 2.24) is 10.2 Å². The van der Waals surface area contributed by atoms with Gasteiger partial charge in [-0.3, -0.25) is 0 Å². The Morgan fingerprint density at radius 3 is 3.00 bits per heavy atom. The maximum Gasteiger partial charge on any atom is 0.182 e. The van der Waals surface area contributed by atoms with Crippen LogP contribution in [0.25, 0.3) is 9.88 Å². The summed E-state index contributed by atoms with van der Waals surface area (Å²) in [7, 11) is 0. The van der Waals surface area contributed by atoms with E-state index in [-0.39, 0.29) is 0 Å². The number of fused-ring (bicyclic) bond motifs is 1. The fourth-order valence-corrected chi connectivity index (χ4v) is 2.87. The summed E-state index contributed by atoms with van der Waals surface area (Å²) in [6.07, 6.45) is 0. The number of aromatic nitrogens is 2. The molecule has 2 aromatic rings. The number of hydrogen-bond acceptors (Lipinski definition) is 6. The lowest BCUT2D eigenvalue weighted by Crippen LogP contribution is -2.14. The number of ether oxygens (including phenoxy) is 2. The maximum absolute atomic E-state index is 5.54. The van der Waals surface area contributed by atoms with Crippen LogP contribution in [0.4, 0.5) is 0 Å². The molecule has 0 fully saturated rings. The lowest BCUT2D eigenvalue weighted by Gasteiger charge is -2.15. The van der Waals surface area contributed by atoms with Gasteiger partial charge in [-0.2, -0.15) is 0 Å². The van der Waals surface area contributed by atoms with E-state index in [4.69, 9.17) is 9.47 Å². The quantitative estimate of drug-likeness (QED) is 0.746. The monoisotopic (exact) mass is 226 g/mol. The highest BCUT2D eigenvalue weighted by atomic mass is 32.1. The van der Waals surface area contributed by atoms with E-state index in [1.54, 1.807) is 16.8 Å². The van der Waals surface area contributed by atoms with Gasteiger partial charge in [0, 0.05) is 5.38 Å². The van der Waals surface area contributed by atoms with E-state index < -0.39 is 0 Å². The molecule has 2 aromatic heterocycles. The van der Waals surface area contributed by atoms with E-state index in [2.05, 4.69) is 10.2 Å². The zero-order valence-electron chi connectivity index (χ0n) is 7.10. The molecule has 0 bridgehead atoms. The van der Waals surface area contributed by atoms with Crippen LogP contribution in [-0.4, -0.2) is 23.4 Å². The Kier molecular flexibility index (Phi) is 1.88. The van der Waals surface area contributed by atoms with Crippen molar-refractivity contribution in [1.29, 1.82) is 0 Å². The Morgan fingerprint density at radius 2 is 2.14 bits per heavy atom. The molecule has 0 saturated heterocycles. The number of hydrogen-bond donors (Lipinski definition) is 0. The van der Waals surface area contributed by atoms with Gasteiger partial charge in [0.05, 0.1) is 0 Å². The lowest BCUT2D eigenvalue weighted by molar-refractivity contribution is 0.174. The third kappa shape index (κ3) is 1.18. The van der Waals surface area contributed by atoms with Crippen molar-refractivity contribution < 1.29 is 9.47 Å². The minimum atomic E-state index is 0.607. The minimum Gasteiger partial charge on any atom is -0.485 e. The van der Waals surface area contributed by atoms with Gasteiger partial charge in [-0.05, 0) is 0 Å². The van der Waals surface area contributed by atoms with E-state index >= 15 is 0 Å². The first kappa shape index (κ1) is 8.19. The molecule has 0 aliphatic carbocycles. The van der Waals surface area contributed by atoms with Crippen LogP contribution in [-0.2, 0) is 0 Å². The molecule has 0 atom stereocenters. The summed E-state index contributed by atoms with van der Waals surface area (Å²) < 4.78 is 11.0. The number of nitrogens with zero attached hydrogens (tertiary/aromatic N) is 2. The molecule has 0 N–H and O–H groups in total. The van der Waals surface area contributed by atoms with E-state index in [0.29, 0.717) is 13.2 Å². The summed E-state index contributed by atoms with van der Waals surface area (Å²) >= 11 is 3.09. The normalized spacial score (nSPS) is 14.3. The first-order valence-corrected chi connectivity index (χ1v) is 5.85. The van der Waals surface area contributed by atoms with Gasteiger partial charge in [0.2, 0.25) is 0 Å². The molecule has 72 valence electrons. The average Bonchev–Trinajstić information content (AvgIpc) is 2.85. The fraction of sp³-hybridized carbons (Fsp3) is 0.250. The zero-order valence-corrected chi connectivity index (χ0v) is 8.73. The lowest BCUT2D eigenvalue weighted by atomic mass is 10.4. The molecule has 3 rings (SSSR count). The van der Waals surface area contributed by atoms with Gasteiger partial charge in [-0.1, -0.05) is 11.3 Å². The second-order valence-electron chi connectivity index (χ2n) is 2.70. The molecule has 1 aliphatic rings. The molecule has 0 amide bonds. The van der Waals surface area contributed by atoms with Crippen molar-refractivity contribution in [3.63, 3.8) is 0 Å². The zero-order chi connectivity index (χ0) is 9.38. The predicted octanol–water partition coefficient (Wildman–Crippen LogP) is 2.04. The third-order valence-electron chi connectivity index (χ3n) is 1.86. The maximum atomic E-state index is 5.54. The molecule has 0 unspecified atom stereocenters. The van der Waals surface area contributed by atoms with E-state index in [1.807, 2.05) is 5.38 Å². The Bertz CT molecular complexity index is 438. The van der Waals surface area contributed by atoms with Crippen molar-refractivity contribution in [2.24, 2.45) is 0 Å². The van der Waals surface area contributed by atoms with Crippen LogP contribution in [0.2, 0.25) is 0 Å². The van der Waals surface area contributed by atoms with Crippen molar-refractivity contribution >= 4 is 22.7 Å². The predicted molar refractivity (Wildman–Crippen MR) is 54.2 cm³/mol. The van der Waals surface area contributed by atoms with Gasteiger partial charge in [-0.15, -0.1) is 21.5 Å². The van der Waals surface area contributed by atoms with Gasteiger partial charge in [0.25, 0.3) is 0 Å². The highest BCUT2D eigenvalue weighted by Crippen LogP contribution is 2.45. The SMILES string of the molecule is c1nnc(-c2scc3c2OCCO3)s1. The van der Waals surface area contributed by atoms with Crippen LogP contribution in [0, 0.1) is 0 Å². The molecular formula is C8H6N2O2S2. The molecule has 0 radical (unpaired) electrons. The summed E-state index contributed by atoms with van der Waals surface area (Å²) in [5.41, 5.74) is 1.71. The van der Waals surface area contributed by atoms with E-state index in [9.17, 15) is 0 Å². The molecule has 0 spiro atoms. The van der Waals surface area contributed by atoms with E-state index in [1.165, 1.54) is 11.3 Å². The summed E-state index contributed by atoms with van der Waals surface area (Å²) in [6, 6.07) is 0. The fourth-order valence-electron chi connectivity index (χ4n) is 1.28. The van der Waals surface area contributed by atoms with Crippen molar-refractivity contribution in [3.8, 4) is 21.4 Å². The molecule has 1 aliphatic heterocycles. The van der Waals surface area contributed by atoms with Crippen LogP contribution in [0.5, 0.6) is 11.5 Å². The standard InChI is InChI=1S/C8H6N2O2S2/c1-2-12-6-5(11-1)3-13-7(6)8-10-9-4-14-8/h3-4H,1-2H2. The first-order chi connectivity index (χ1) is 6.95. The largest absolute Gasteiger partial charge is 0.485 e. The van der Waals surface area contributed by atoms with Gasteiger partial charge in [0.15, 0.2) is 16.5 Å². The molecular weight excluding hydrogens is 220 g/mol. The van der Waals surface area contributed by atoms with Crippen molar-refractivity contribution in [2.75, 3.05) is 13.2 Å². The van der Waals surface area contributed by atoms with Gasteiger partial charge >= 0.3 is 0 Å². The van der Waals surface area contributed by atoms with Crippen LogP contribution in [0.1, 0.15) is 0 Å². The molecule has 0 saturated carbocycles. The van der Waals surface area contributed by atoms with E-state index in [0.717, 1.165) is 21.4 Å². The second kappa shape index (κ2) is 3.21. The highest BCUT2D eigenvalue weighted by Gasteiger charge is 2.21. The van der Waals surface area contributed by atoms with Gasteiger partial charge in [0.1, 0.15) is 23.6 Å². The van der Waals surface area contributed by atoms with Crippen molar-refractivity contribution in [3.05, 3.63) is 10.9 Å². The van der Waals surface area contributed by atoms with Crippen molar-refractivity contribution in [2.45, 2.75) is 0 Å². The molecule has 6 heteroatoms. The summed E-state index contributed by atoms with van der Waals surface area (Å²) in [6.45, 7) is 1.23. The second-order valence-corrected chi connectivity index (χ2v) is 4.41. The Balaban J connectivity index is 2.11. The molecule has 3 heterocycles. The van der Waals surface area contributed by atoms with Crippen LogP contribution < -0.4 is 9.47 Å². The van der Waals surface area contributed by atoms with Gasteiger partial charge in [-0.25, -0.2) is 0 Å². The number of rotatable bonds is 1. The van der Waals surface area contributed by atoms with Crippen LogP contribution in [0.3, 0.4) is 0 Å². The van der Waals surface area contributed by atoms with Gasteiger partial charge < -0.3 is 9.47 Å². The Labute approximate surface area is 88.1 Å². The average molecular weight is 226 g/mol. The molecule has 0 aromatic carbocycles. The Morgan fingerprint density at radius 1 is 1.21 bits per heavy atom.